The van der Waals surface area contributed by atoms with E-state index in [-0.39, 0.29) is 12.4 Å². The third kappa shape index (κ3) is 5.27. The fraction of sp³-hybridized carbons (Fsp3) is 0.524. The largest absolute Gasteiger partial charge is 0.462 e. The first kappa shape index (κ1) is 22.9. The molecule has 1 aromatic carbocycles. The summed E-state index contributed by atoms with van der Waals surface area (Å²) in [5.74, 6) is -1.50. The van der Waals surface area contributed by atoms with Crippen molar-refractivity contribution in [2.45, 2.75) is 57.6 Å². The maximum atomic E-state index is 12.5. The number of aromatic nitrogens is 3. The van der Waals surface area contributed by atoms with Gasteiger partial charge in [-0.3, -0.25) is 9.59 Å². The second kappa shape index (κ2) is 9.54. The molecule has 10 nitrogen and oxygen atoms in total. The lowest BCUT2D eigenvalue weighted by Gasteiger charge is -2.17. The molecule has 168 valence electrons. The second-order valence-electron chi connectivity index (χ2n) is 8.15. The number of hydrogen-bond acceptors (Lipinski definition) is 8. The number of ether oxygens (including phenoxy) is 2. The second-order valence-corrected chi connectivity index (χ2v) is 8.15. The summed E-state index contributed by atoms with van der Waals surface area (Å²) in [6.07, 6.45) is -2.59. The van der Waals surface area contributed by atoms with Gasteiger partial charge in [-0.05, 0) is 30.4 Å². The van der Waals surface area contributed by atoms with Gasteiger partial charge in [0.2, 0.25) is 5.82 Å². The minimum absolute atomic E-state index is 0.242. The molecule has 1 aliphatic rings. The highest BCUT2D eigenvalue weighted by Gasteiger charge is 2.45. The van der Waals surface area contributed by atoms with Gasteiger partial charge in [0, 0.05) is 0 Å². The van der Waals surface area contributed by atoms with Gasteiger partial charge in [-0.15, -0.1) is 5.10 Å². The van der Waals surface area contributed by atoms with E-state index in [1.54, 1.807) is 6.92 Å². The van der Waals surface area contributed by atoms with Crippen molar-refractivity contribution in [2.75, 3.05) is 6.61 Å². The molecule has 1 aliphatic heterocycles. The lowest BCUT2D eigenvalue weighted by atomic mass is 9.97. The Kier molecular flexibility index (Phi) is 7.04. The van der Waals surface area contributed by atoms with Crippen LogP contribution in [0.3, 0.4) is 0 Å². The number of nitrogens with two attached hydrogens (primary N) is 1. The van der Waals surface area contributed by atoms with E-state index < -0.39 is 42.3 Å². The molecule has 0 spiro atoms. The van der Waals surface area contributed by atoms with Crippen LogP contribution in [-0.2, 0) is 20.7 Å². The van der Waals surface area contributed by atoms with Crippen LogP contribution in [-0.4, -0.2) is 61.8 Å². The average molecular weight is 432 g/mol. The number of aliphatic hydroxyl groups is 2. The predicted octanol–water partition coefficient (Wildman–Crippen LogP) is 0.542. The average Bonchev–Trinajstić information content (AvgIpc) is 3.32. The van der Waals surface area contributed by atoms with Gasteiger partial charge in [0.05, 0.1) is 5.92 Å². The third-order valence-corrected chi connectivity index (χ3v) is 5.19. The normalized spacial score (nSPS) is 24.3. The first-order valence-electron chi connectivity index (χ1n) is 10.2. The molecule has 3 rings (SSSR count). The third-order valence-electron chi connectivity index (χ3n) is 5.19. The zero-order valence-electron chi connectivity index (χ0n) is 17.7. The predicted molar refractivity (Wildman–Crippen MR) is 109 cm³/mol. The monoisotopic (exact) mass is 432 g/mol. The summed E-state index contributed by atoms with van der Waals surface area (Å²) >= 11 is 0. The van der Waals surface area contributed by atoms with E-state index in [1.807, 2.05) is 24.3 Å². The topological polar surface area (TPSA) is 150 Å². The smallest absolute Gasteiger partial charge is 0.313 e. The summed E-state index contributed by atoms with van der Waals surface area (Å²) < 4.78 is 12.0. The Morgan fingerprint density at radius 2 is 1.87 bits per heavy atom. The summed E-state index contributed by atoms with van der Waals surface area (Å²) in [5, 5.41) is 24.3. The van der Waals surface area contributed by atoms with Crippen LogP contribution in [0.4, 0.5) is 0 Å². The lowest BCUT2D eigenvalue weighted by Crippen LogP contribution is -2.34. The number of benzene rings is 1. The maximum Gasteiger partial charge on any atom is 0.313 e. The Hall–Kier alpha value is -2.82. The van der Waals surface area contributed by atoms with Crippen molar-refractivity contribution < 1.29 is 29.3 Å². The molecule has 1 saturated heterocycles. The highest BCUT2D eigenvalue weighted by Crippen LogP contribution is 2.29. The molecule has 31 heavy (non-hydrogen) atoms. The molecule has 0 bridgehead atoms. The van der Waals surface area contributed by atoms with E-state index >= 15 is 0 Å². The Labute approximate surface area is 180 Å². The molecule has 0 aliphatic carbocycles. The number of carbonyl (C=O) groups is 2. The number of hydrogen-bond donors (Lipinski definition) is 3. The molecule has 2 heterocycles. The summed E-state index contributed by atoms with van der Waals surface area (Å²) in [4.78, 5) is 27.3. The molecule has 4 N–H and O–H groups in total. The molecule has 2 aromatic rings. The van der Waals surface area contributed by atoms with Crippen LogP contribution in [0.15, 0.2) is 30.6 Å². The summed E-state index contributed by atoms with van der Waals surface area (Å²) in [5.41, 5.74) is 7.14. The highest BCUT2D eigenvalue weighted by molar-refractivity contribution is 5.88. The quantitative estimate of drug-likeness (QED) is 0.512. The fourth-order valence-electron chi connectivity index (χ4n) is 3.43. The molecular formula is C21H28N4O6. The number of esters is 1. The molecule has 5 atom stereocenters. The number of amides is 1. The Morgan fingerprint density at radius 3 is 2.45 bits per heavy atom. The number of primary amides is 1. The van der Waals surface area contributed by atoms with E-state index in [0.717, 1.165) is 16.7 Å². The zero-order valence-corrected chi connectivity index (χ0v) is 17.7. The Bertz CT molecular complexity index is 913. The standard InChI is InChI=1S/C21H28N4O6/c1-11(2)8-13-4-6-14(7-5-13)12(3)21(29)30-9-15-16(26)17(27)20(31-15)25-10-23-19(24-25)18(22)28/h4-7,10-12,15-17,20,26-27H,8-9H2,1-3H3,(H2,22,28)/t12?,15-,16-,17-,20-/m1/s1. The van der Waals surface area contributed by atoms with Crippen molar-refractivity contribution >= 4 is 11.9 Å². The first-order chi connectivity index (χ1) is 14.7. The zero-order chi connectivity index (χ0) is 22.7. The lowest BCUT2D eigenvalue weighted by molar-refractivity contribution is -0.151. The van der Waals surface area contributed by atoms with Crippen LogP contribution in [0, 0.1) is 5.92 Å². The molecule has 1 aromatic heterocycles. The summed E-state index contributed by atoms with van der Waals surface area (Å²) in [7, 11) is 0. The van der Waals surface area contributed by atoms with Gasteiger partial charge in [0.15, 0.2) is 6.23 Å². The minimum atomic E-state index is -1.35. The van der Waals surface area contributed by atoms with E-state index in [1.165, 1.54) is 11.9 Å². The molecule has 1 unspecified atom stereocenters. The van der Waals surface area contributed by atoms with Crippen molar-refractivity contribution in [1.82, 2.24) is 14.8 Å². The van der Waals surface area contributed by atoms with Crippen LogP contribution in [0.25, 0.3) is 0 Å². The summed E-state index contributed by atoms with van der Waals surface area (Å²) in [6, 6.07) is 7.82. The molecule has 0 radical (unpaired) electrons. The number of carbonyl (C=O) groups excluding carboxylic acids is 2. The molecule has 1 fully saturated rings. The molecule has 0 saturated carbocycles. The van der Waals surface area contributed by atoms with Crippen molar-refractivity contribution in [3.63, 3.8) is 0 Å². The van der Waals surface area contributed by atoms with Gasteiger partial charge in [-0.25, -0.2) is 9.67 Å². The van der Waals surface area contributed by atoms with E-state index in [0.29, 0.717) is 5.92 Å². The number of nitrogens with zero attached hydrogens (tertiary/aromatic N) is 3. The van der Waals surface area contributed by atoms with Crippen LogP contribution in [0.2, 0.25) is 0 Å². The highest BCUT2D eigenvalue weighted by atomic mass is 16.6. The van der Waals surface area contributed by atoms with E-state index in [2.05, 4.69) is 23.9 Å². The van der Waals surface area contributed by atoms with Gasteiger partial charge in [0.25, 0.3) is 5.91 Å². The van der Waals surface area contributed by atoms with Crippen molar-refractivity contribution in [3.05, 3.63) is 47.5 Å². The van der Waals surface area contributed by atoms with Gasteiger partial charge in [0.1, 0.15) is 31.2 Å². The molecule has 1 amide bonds. The maximum absolute atomic E-state index is 12.5. The van der Waals surface area contributed by atoms with Crippen molar-refractivity contribution in [2.24, 2.45) is 11.7 Å². The van der Waals surface area contributed by atoms with Crippen LogP contribution >= 0.6 is 0 Å². The first-order valence-corrected chi connectivity index (χ1v) is 10.2. The Morgan fingerprint density at radius 1 is 1.19 bits per heavy atom. The minimum Gasteiger partial charge on any atom is -0.462 e. The van der Waals surface area contributed by atoms with Gasteiger partial charge >= 0.3 is 5.97 Å². The van der Waals surface area contributed by atoms with Crippen molar-refractivity contribution in [1.29, 1.82) is 0 Å². The fourth-order valence-corrected chi connectivity index (χ4v) is 3.43. The van der Waals surface area contributed by atoms with Crippen molar-refractivity contribution in [3.8, 4) is 0 Å². The molecular weight excluding hydrogens is 404 g/mol. The van der Waals surface area contributed by atoms with Crippen LogP contribution < -0.4 is 5.73 Å². The van der Waals surface area contributed by atoms with Gasteiger partial charge in [-0.1, -0.05) is 38.1 Å². The SMILES string of the molecule is CC(C)Cc1ccc(C(C)C(=O)OC[C@H]2O[C@@H](n3cnc(C(N)=O)n3)[C@H](O)[C@@H]2O)cc1. The van der Waals surface area contributed by atoms with Crippen LogP contribution in [0.1, 0.15) is 54.7 Å². The van der Waals surface area contributed by atoms with Gasteiger partial charge in [-0.2, -0.15) is 0 Å². The molecule has 10 heteroatoms. The summed E-state index contributed by atoms with van der Waals surface area (Å²) in [6.45, 7) is 5.79. The van der Waals surface area contributed by atoms with E-state index in [4.69, 9.17) is 15.2 Å². The van der Waals surface area contributed by atoms with Crippen LogP contribution in [0.5, 0.6) is 0 Å². The number of aliphatic hydroxyl groups excluding tert-OH is 2. The van der Waals surface area contributed by atoms with Gasteiger partial charge < -0.3 is 25.4 Å². The number of rotatable bonds is 8. The Balaban J connectivity index is 1.57. The van der Waals surface area contributed by atoms with E-state index in [9.17, 15) is 19.8 Å².